The van der Waals surface area contributed by atoms with Crippen molar-refractivity contribution in [3.8, 4) is 0 Å². The Balaban J connectivity index is 1.55. The van der Waals surface area contributed by atoms with Gasteiger partial charge < -0.3 is 10.6 Å². The lowest BCUT2D eigenvalue weighted by Crippen LogP contribution is -2.51. The minimum Gasteiger partial charge on any atom is -0.337 e. The number of anilines is 2. The highest BCUT2D eigenvalue weighted by Gasteiger charge is 2.42. The molecular formula is C18H28N8O2S2. The van der Waals surface area contributed by atoms with Crippen molar-refractivity contribution in [2.75, 3.05) is 17.2 Å². The minimum absolute atomic E-state index is 0.0107. The highest BCUT2D eigenvalue weighted by Crippen LogP contribution is 2.45. The maximum Gasteiger partial charge on any atom is 0.321 e. The van der Waals surface area contributed by atoms with Crippen LogP contribution in [-0.2, 0) is 0 Å². The predicted octanol–water partition coefficient (Wildman–Crippen LogP) is 3.53. The number of nitrogens with one attached hydrogen (secondary N) is 4. The van der Waals surface area contributed by atoms with E-state index in [9.17, 15) is 9.59 Å². The molecule has 0 saturated heterocycles. The zero-order valence-corrected chi connectivity index (χ0v) is 19.5. The van der Waals surface area contributed by atoms with Gasteiger partial charge in [0, 0.05) is 12.6 Å². The van der Waals surface area contributed by atoms with Gasteiger partial charge in [0.05, 0.1) is 0 Å². The van der Waals surface area contributed by atoms with E-state index in [0.717, 1.165) is 29.3 Å². The molecule has 1 fully saturated rings. The van der Waals surface area contributed by atoms with E-state index < -0.39 is 0 Å². The van der Waals surface area contributed by atoms with Gasteiger partial charge in [0.15, 0.2) is 0 Å². The summed E-state index contributed by atoms with van der Waals surface area (Å²) in [5.41, 5.74) is -0.133. The number of hydrogen-bond donors (Lipinski definition) is 4. The fraction of sp³-hybridized carbons (Fsp3) is 0.667. The van der Waals surface area contributed by atoms with Crippen LogP contribution in [0.5, 0.6) is 0 Å². The number of carbonyl (C=O) groups excluding carboxylic acids is 2. The Kier molecular flexibility index (Phi) is 6.56. The van der Waals surface area contributed by atoms with Crippen molar-refractivity contribution in [2.24, 2.45) is 10.8 Å². The summed E-state index contributed by atoms with van der Waals surface area (Å²) in [5.74, 6) is 0. The summed E-state index contributed by atoms with van der Waals surface area (Å²) in [6.07, 6.45) is 2.56. The molecule has 1 aliphatic rings. The summed E-state index contributed by atoms with van der Waals surface area (Å²) in [4.78, 5) is 24.7. The maximum absolute atomic E-state index is 12.4. The summed E-state index contributed by atoms with van der Waals surface area (Å²) in [6.45, 7) is 10.7. The highest BCUT2D eigenvalue weighted by atomic mass is 32.1. The van der Waals surface area contributed by atoms with E-state index in [0.29, 0.717) is 16.8 Å². The number of nitrogens with zero attached hydrogens (tertiary/aromatic N) is 4. The Labute approximate surface area is 183 Å². The van der Waals surface area contributed by atoms with Gasteiger partial charge in [-0.25, -0.2) is 9.59 Å². The molecule has 1 saturated carbocycles. The summed E-state index contributed by atoms with van der Waals surface area (Å²) in [5, 5.41) is 29.6. The molecule has 0 aliphatic heterocycles. The van der Waals surface area contributed by atoms with Gasteiger partial charge in [-0.15, -0.1) is 20.4 Å². The fourth-order valence-electron chi connectivity index (χ4n) is 4.32. The summed E-state index contributed by atoms with van der Waals surface area (Å²) in [6, 6.07) is -0.596. The van der Waals surface area contributed by atoms with Crippen LogP contribution >= 0.6 is 22.7 Å². The molecule has 3 rings (SSSR count). The molecule has 0 aromatic carbocycles. The van der Waals surface area contributed by atoms with Crippen LogP contribution < -0.4 is 21.3 Å². The van der Waals surface area contributed by atoms with Crippen molar-refractivity contribution in [3.05, 3.63) is 10.0 Å². The maximum atomic E-state index is 12.4. The second-order valence-corrected chi connectivity index (χ2v) is 11.3. The largest absolute Gasteiger partial charge is 0.337 e. The molecule has 2 aromatic rings. The summed E-state index contributed by atoms with van der Waals surface area (Å²) < 4.78 is 0. The Bertz CT molecular complexity index is 912. The van der Waals surface area contributed by atoms with Crippen LogP contribution in [-0.4, -0.2) is 45.0 Å². The van der Waals surface area contributed by atoms with Gasteiger partial charge in [0.2, 0.25) is 10.3 Å². The lowest BCUT2D eigenvalue weighted by atomic mass is 9.62. The topological polar surface area (TPSA) is 134 Å². The predicted molar refractivity (Wildman–Crippen MR) is 118 cm³/mol. The number of carbonyl (C=O) groups is 2. The highest BCUT2D eigenvalue weighted by molar-refractivity contribution is 7.15. The third-order valence-corrected chi connectivity index (χ3v) is 6.46. The first-order valence-corrected chi connectivity index (χ1v) is 11.4. The van der Waals surface area contributed by atoms with E-state index in [-0.39, 0.29) is 28.9 Å². The number of amides is 4. The third kappa shape index (κ3) is 6.33. The molecule has 0 unspecified atom stereocenters. The Hall–Kier alpha value is -2.34. The van der Waals surface area contributed by atoms with E-state index in [1.807, 2.05) is 13.8 Å². The Morgan fingerprint density at radius 1 is 0.933 bits per heavy atom. The lowest BCUT2D eigenvalue weighted by Gasteiger charge is -2.46. The molecule has 30 heavy (non-hydrogen) atoms. The van der Waals surface area contributed by atoms with Gasteiger partial charge in [-0.1, -0.05) is 43.4 Å². The third-order valence-electron chi connectivity index (χ3n) is 4.95. The van der Waals surface area contributed by atoms with Crippen molar-refractivity contribution in [1.29, 1.82) is 0 Å². The van der Waals surface area contributed by atoms with E-state index in [1.165, 1.54) is 22.7 Å². The molecule has 1 aliphatic carbocycles. The quantitative estimate of drug-likeness (QED) is 0.548. The van der Waals surface area contributed by atoms with Crippen molar-refractivity contribution < 1.29 is 9.59 Å². The zero-order chi connectivity index (χ0) is 21.9. The van der Waals surface area contributed by atoms with Crippen LogP contribution in [0.15, 0.2) is 0 Å². The average Bonchev–Trinajstić information content (AvgIpc) is 3.19. The Morgan fingerprint density at radius 2 is 1.50 bits per heavy atom. The van der Waals surface area contributed by atoms with E-state index >= 15 is 0 Å². The molecule has 4 N–H and O–H groups in total. The van der Waals surface area contributed by atoms with E-state index in [1.54, 1.807) is 0 Å². The van der Waals surface area contributed by atoms with Gasteiger partial charge >= 0.3 is 12.1 Å². The van der Waals surface area contributed by atoms with Crippen LogP contribution in [0.1, 0.15) is 50.0 Å². The molecular weight excluding hydrogens is 424 g/mol. The van der Waals surface area contributed by atoms with Crippen LogP contribution in [0.3, 0.4) is 0 Å². The standard InChI is InChI=1S/C18H28N8O2S2/c1-10-23-25-15(29-10)21-13(27)19-9-18(5)7-12(6-17(3,4)8-18)20-14(28)22-16-26-24-11(2)30-16/h12H,6-9H2,1-5H3,(H2,19,21,25,27)(H2,20,22,26,28)/t12-,18-/m1/s1. The van der Waals surface area contributed by atoms with Crippen LogP contribution in [0.4, 0.5) is 19.9 Å². The van der Waals surface area contributed by atoms with Gasteiger partial charge in [0.25, 0.3) is 0 Å². The fourth-order valence-corrected chi connectivity index (χ4v) is 5.49. The molecule has 2 aromatic heterocycles. The first-order chi connectivity index (χ1) is 14.0. The van der Waals surface area contributed by atoms with E-state index in [2.05, 4.69) is 62.4 Å². The molecule has 0 spiro atoms. The molecule has 0 radical (unpaired) electrons. The normalized spacial score (nSPS) is 22.9. The van der Waals surface area contributed by atoms with Crippen molar-refractivity contribution in [3.63, 3.8) is 0 Å². The first kappa shape index (κ1) is 22.3. The monoisotopic (exact) mass is 452 g/mol. The van der Waals surface area contributed by atoms with Crippen LogP contribution in [0.25, 0.3) is 0 Å². The van der Waals surface area contributed by atoms with Crippen molar-refractivity contribution in [1.82, 2.24) is 31.0 Å². The minimum atomic E-state index is -0.301. The number of hydrogen-bond acceptors (Lipinski definition) is 8. The van der Waals surface area contributed by atoms with E-state index in [4.69, 9.17) is 0 Å². The van der Waals surface area contributed by atoms with Crippen molar-refractivity contribution >= 4 is 45.0 Å². The molecule has 12 heteroatoms. The Morgan fingerprint density at radius 3 is 2.03 bits per heavy atom. The molecule has 4 amide bonds. The lowest BCUT2D eigenvalue weighted by molar-refractivity contribution is 0.0761. The molecule has 0 bridgehead atoms. The first-order valence-electron chi connectivity index (χ1n) is 9.75. The summed E-state index contributed by atoms with van der Waals surface area (Å²) >= 11 is 2.66. The average molecular weight is 453 g/mol. The number of rotatable bonds is 5. The van der Waals surface area contributed by atoms with Crippen LogP contribution in [0.2, 0.25) is 0 Å². The number of aryl methyl sites for hydroxylation is 2. The molecule has 164 valence electrons. The smallest absolute Gasteiger partial charge is 0.321 e. The van der Waals surface area contributed by atoms with Crippen LogP contribution in [0, 0.1) is 24.7 Å². The zero-order valence-electron chi connectivity index (χ0n) is 17.8. The van der Waals surface area contributed by atoms with Gasteiger partial charge in [0.1, 0.15) is 10.0 Å². The van der Waals surface area contributed by atoms with Gasteiger partial charge in [-0.2, -0.15) is 0 Å². The SMILES string of the molecule is Cc1nnc(NC(=O)NC[C@]2(C)C[C@H](NC(=O)Nc3nnc(C)s3)CC(C)(C)C2)s1. The number of aromatic nitrogens is 4. The second kappa shape index (κ2) is 8.80. The molecule has 2 heterocycles. The van der Waals surface area contributed by atoms with Gasteiger partial charge in [-0.3, -0.25) is 10.6 Å². The molecule has 10 nitrogen and oxygen atoms in total. The second-order valence-electron chi connectivity index (χ2n) is 8.92. The summed E-state index contributed by atoms with van der Waals surface area (Å²) in [7, 11) is 0. The molecule has 2 atom stereocenters. The van der Waals surface area contributed by atoms with Crippen molar-refractivity contribution in [2.45, 2.75) is 59.9 Å². The number of urea groups is 2. The van der Waals surface area contributed by atoms with Gasteiger partial charge in [-0.05, 0) is 43.9 Å².